The molecule has 28 heavy (non-hydrogen) atoms. The second-order valence-electron chi connectivity index (χ2n) is 5.78. The smallest absolute Gasteiger partial charge is 0.272 e. The van der Waals surface area contributed by atoms with E-state index in [1.165, 1.54) is 0 Å². The molecule has 3 aromatic rings. The first-order chi connectivity index (χ1) is 13.5. The fourth-order valence-corrected chi connectivity index (χ4v) is 3.32. The van der Waals surface area contributed by atoms with Gasteiger partial charge in [0.1, 0.15) is 12.4 Å². The molecule has 4 nitrogen and oxygen atoms in total. The van der Waals surface area contributed by atoms with Crippen LogP contribution in [-0.2, 0) is 6.61 Å². The zero-order chi connectivity index (χ0) is 19.9. The van der Waals surface area contributed by atoms with E-state index in [1.807, 2.05) is 42.5 Å². The Labute approximate surface area is 184 Å². The average molecular weight is 523 g/mol. The van der Waals surface area contributed by atoms with E-state index in [4.69, 9.17) is 16.3 Å². The molecule has 142 valence electrons. The molecule has 0 aliphatic rings. The first kappa shape index (κ1) is 20.6. The third kappa shape index (κ3) is 5.67. The van der Waals surface area contributed by atoms with E-state index in [0.717, 1.165) is 25.8 Å². The van der Waals surface area contributed by atoms with Gasteiger partial charge in [-0.25, -0.2) is 5.43 Å². The lowest BCUT2D eigenvalue weighted by Gasteiger charge is -2.09. The molecule has 3 rings (SSSR count). The van der Waals surface area contributed by atoms with Crippen LogP contribution in [0.3, 0.4) is 0 Å². The SMILES string of the molecule is O=C(N/N=C\c1ccc(OCc2ccc(Br)cc2)c(Br)c1)c1ccccc1Cl. The number of halogens is 3. The van der Waals surface area contributed by atoms with Crippen LogP contribution in [0.5, 0.6) is 5.75 Å². The number of amides is 1. The summed E-state index contributed by atoms with van der Waals surface area (Å²) >= 11 is 12.9. The molecule has 0 spiro atoms. The number of carbonyl (C=O) groups excluding carboxylic acids is 1. The van der Waals surface area contributed by atoms with Gasteiger partial charge in [-0.15, -0.1) is 0 Å². The fraction of sp³-hybridized carbons (Fsp3) is 0.0476. The highest BCUT2D eigenvalue weighted by molar-refractivity contribution is 9.10. The molecule has 1 N–H and O–H groups in total. The van der Waals surface area contributed by atoms with Crippen LogP contribution in [-0.4, -0.2) is 12.1 Å². The summed E-state index contributed by atoms with van der Waals surface area (Å²) in [5, 5.41) is 4.36. The topological polar surface area (TPSA) is 50.7 Å². The summed E-state index contributed by atoms with van der Waals surface area (Å²) in [5.74, 6) is 0.357. The minimum Gasteiger partial charge on any atom is -0.488 e. The molecule has 0 aliphatic heterocycles. The first-order valence-corrected chi connectivity index (χ1v) is 10.2. The first-order valence-electron chi connectivity index (χ1n) is 8.27. The van der Waals surface area contributed by atoms with Gasteiger partial charge in [0.15, 0.2) is 0 Å². The van der Waals surface area contributed by atoms with Crippen LogP contribution in [0.25, 0.3) is 0 Å². The highest BCUT2D eigenvalue weighted by Crippen LogP contribution is 2.26. The van der Waals surface area contributed by atoms with E-state index in [1.54, 1.807) is 30.5 Å². The van der Waals surface area contributed by atoms with Crippen molar-refractivity contribution in [2.45, 2.75) is 6.61 Å². The van der Waals surface area contributed by atoms with Gasteiger partial charge in [-0.2, -0.15) is 5.10 Å². The lowest BCUT2D eigenvalue weighted by atomic mass is 10.2. The van der Waals surface area contributed by atoms with E-state index in [-0.39, 0.29) is 5.91 Å². The van der Waals surface area contributed by atoms with Gasteiger partial charge in [0.2, 0.25) is 0 Å². The third-order valence-electron chi connectivity index (χ3n) is 3.76. The Bertz CT molecular complexity index is 1010. The molecule has 7 heteroatoms. The van der Waals surface area contributed by atoms with Crippen molar-refractivity contribution in [3.63, 3.8) is 0 Å². The van der Waals surface area contributed by atoms with Gasteiger partial charge in [-0.3, -0.25) is 4.79 Å². The largest absolute Gasteiger partial charge is 0.488 e. The van der Waals surface area contributed by atoms with Crippen LogP contribution in [0.2, 0.25) is 5.02 Å². The molecule has 0 unspecified atom stereocenters. The zero-order valence-corrected chi connectivity index (χ0v) is 18.5. The van der Waals surface area contributed by atoms with Gasteiger partial charge in [0.05, 0.1) is 21.3 Å². The third-order valence-corrected chi connectivity index (χ3v) is 5.24. The Morgan fingerprint density at radius 2 is 1.82 bits per heavy atom. The molecule has 0 saturated heterocycles. The Hall–Kier alpha value is -2.15. The average Bonchev–Trinajstić information content (AvgIpc) is 2.69. The van der Waals surface area contributed by atoms with Crippen LogP contribution in [0.15, 0.2) is 80.8 Å². The summed E-state index contributed by atoms with van der Waals surface area (Å²) in [7, 11) is 0. The summed E-state index contributed by atoms with van der Waals surface area (Å²) in [6.07, 6.45) is 1.55. The maximum atomic E-state index is 12.1. The summed E-state index contributed by atoms with van der Waals surface area (Å²) in [4.78, 5) is 12.1. The Kier molecular flexibility index (Phi) is 7.25. The van der Waals surface area contributed by atoms with Crippen molar-refractivity contribution in [2.24, 2.45) is 5.10 Å². The van der Waals surface area contributed by atoms with Gasteiger partial charge in [-0.1, -0.05) is 51.8 Å². The van der Waals surface area contributed by atoms with Crippen LogP contribution < -0.4 is 10.2 Å². The van der Waals surface area contributed by atoms with Crippen LogP contribution >= 0.6 is 43.5 Å². The highest BCUT2D eigenvalue weighted by Gasteiger charge is 2.08. The molecular weight excluding hydrogens is 508 g/mol. The number of nitrogens with zero attached hydrogens (tertiary/aromatic N) is 1. The number of nitrogens with one attached hydrogen (secondary N) is 1. The molecule has 3 aromatic carbocycles. The van der Waals surface area contributed by atoms with E-state index in [9.17, 15) is 4.79 Å². The maximum Gasteiger partial charge on any atom is 0.272 e. The highest BCUT2D eigenvalue weighted by atomic mass is 79.9. The monoisotopic (exact) mass is 520 g/mol. The van der Waals surface area contributed by atoms with Crippen molar-refractivity contribution >= 4 is 55.6 Å². The van der Waals surface area contributed by atoms with Crippen molar-refractivity contribution in [2.75, 3.05) is 0 Å². The summed E-state index contributed by atoms with van der Waals surface area (Å²) in [6.45, 7) is 0.465. The van der Waals surface area contributed by atoms with E-state index >= 15 is 0 Å². The molecule has 0 saturated carbocycles. The van der Waals surface area contributed by atoms with Crippen molar-refractivity contribution < 1.29 is 9.53 Å². The molecular formula is C21H15Br2ClN2O2. The van der Waals surface area contributed by atoms with Gasteiger partial charge in [0.25, 0.3) is 5.91 Å². The van der Waals surface area contributed by atoms with Gasteiger partial charge in [0, 0.05) is 4.47 Å². The van der Waals surface area contributed by atoms with Crippen molar-refractivity contribution in [1.29, 1.82) is 0 Å². The lowest BCUT2D eigenvalue weighted by molar-refractivity contribution is 0.0955. The van der Waals surface area contributed by atoms with Gasteiger partial charge < -0.3 is 4.74 Å². The zero-order valence-electron chi connectivity index (χ0n) is 14.5. The molecule has 0 radical (unpaired) electrons. The Morgan fingerprint density at radius 1 is 1.07 bits per heavy atom. The van der Waals surface area contributed by atoms with E-state index in [0.29, 0.717) is 17.2 Å². The van der Waals surface area contributed by atoms with Crippen molar-refractivity contribution in [3.05, 3.63) is 97.4 Å². The fourth-order valence-electron chi connectivity index (χ4n) is 2.33. The number of benzene rings is 3. The molecule has 0 heterocycles. The van der Waals surface area contributed by atoms with Crippen LogP contribution in [0.1, 0.15) is 21.5 Å². The van der Waals surface area contributed by atoms with Gasteiger partial charge >= 0.3 is 0 Å². The van der Waals surface area contributed by atoms with E-state index in [2.05, 4.69) is 42.4 Å². The van der Waals surface area contributed by atoms with Crippen molar-refractivity contribution in [1.82, 2.24) is 5.43 Å². The quantitative estimate of drug-likeness (QED) is 0.309. The maximum absolute atomic E-state index is 12.1. The molecule has 0 aromatic heterocycles. The predicted octanol–water partition coefficient (Wildman–Crippen LogP) is 6.21. The number of hydrazone groups is 1. The predicted molar refractivity (Wildman–Crippen MR) is 119 cm³/mol. The molecule has 0 atom stereocenters. The molecule has 1 amide bonds. The van der Waals surface area contributed by atoms with E-state index < -0.39 is 0 Å². The number of rotatable bonds is 6. The van der Waals surface area contributed by atoms with Gasteiger partial charge in [-0.05, 0) is 69.5 Å². The number of carbonyl (C=O) groups is 1. The summed E-state index contributed by atoms with van der Waals surface area (Å²) in [6, 6.07) is 20.3. The minimum atomic E-state index is -0.365. The standard InChI is InChI=1S/C21H15Br2ClN2O2/c22-16-8-5-14(6-9-16)13-28-20-10-7-15(11-18(20)23)12-25-26-21(27)17-3-1-2-4-19(17)24/h1-12H,13H2,(H,26,27)/b25-12-. The number of hydrogen-bond donors (Lipinski definition) is 1. The molecule has 0 fully saturated rings. The lowest BCUT2D eigenvalue weighted by Crippen LogP contribution is -2.17. The Morgan fingerprint density at radius 3 is 2.54 bits per heavy atom. The van der Waals surface area contributed by atoms with Crippen LogP contribution in [0.4, 0.5) is 0 Å². The number of ether oxygens (including phenoxy) is 1. The minimum absolute atomic E-state index is 0.365. The number of hydrogen-bond acceptors (Lipinski definition) is 3. The van der Waals surface area contributed by atoms with Crippen LogP contribution in [0, 0.1) is 0 Å². The second-order valence-corrected chi connectivity index (χ2v) is 7.96. The normalized spacial score (nSPS) is 10.8. The summed E-state index contributed by atoms with van der Waals surface area (Å²) in [5.41, 5.74) is 4.72. The molecule has 0 aliphatic carbocycles. The Balaban J connectivity index is 1.59. The molecule has 0 bridgehead atoms. The second kappa shape index (κ2) is 9.87. The summed E-state index contributed by atoms with van der Waals surface area (Å²) < 4.78 is 7.67. The van der Waals surface area contributed by atoms with Crippen molar-refractivity contribution in [3.8, 4) is 5.75 Å².